The SMILES string of the molecule is C1CCCCC1.CCC.CCn1ccc2ccc(C3CCCN(C(=O)CN(C(=O)OCC4c5ccccc5-c5ccccc54)C4CC4)C3)cc2c1=O.O=CN1CCC(OC2CCN(CC(=O)N3CCN(C(=O)c4cc(Cc5n[nH]c(=O)c6ccccc56)ccc4F)CC3)CC2)CC1.S. The molecule has 20 heteroatoms. The Kier molecular flexibility index (Phi) is 25.9. The first kappa shape index (κ1) is 72.5. The van der Waals surface area contributed by atoms with Crippen LogP contribution in [-0.4, -0.2) is 178 Å². The van der Waals surface area contributed by atoms with E-state index in [-0.39, 0.29) is 85.2 Å². The number of aromatic nitrogens is 3. The van der Waals surface area contributed by atoms with E-state index in [1.807, 2.05) is 72.6 Å². The summed E-state index contributed by atoms with van der Waals surface area (Å²) in [6.07, 6.45) is 20.4. The number of piperazine rings is 1. The lowest BCUT2D eigenvalue weighted by Gasteiger charge is -2.38. The summed E-state index contributed by atoms with van der Waals surface area (Å²) in [5.74, 6) is -0.865. The van der Waals surface area contributed by atoms with Crippen molar-refractivity contribution in [3.05, 3.63) is 181 Å². The van der Waals surface area contributed by atoms with Crippen molar-refractivity contribution in [2.45, 2.75) is 160 Å². The fourth-order valence-corrected chi connectivity index (χ4v) is 14.5. The van der Waals surface area contributed by atoms with Crippen LogP contribution >= 0.6 is 13.5 Å². The fourth-order valence-electron chi connectivity index (χ4n) is 14.5. The minimum Gasteiger partial charge on any atom is -0.448 e. The molecular formula is C78H98FN9O9S. The molecule has 18 nitrogen and oxygen atoms in total. The molecule has 98 heavy (non-hydrogen) atoms. The zero-order valence-electron chi connectivity index (χ0n) is 57.4. The Morgan fingerprint density at radius 1 is 0.643 bits per heavy atom. The van der Waals surface area contributed by atoms with Gasteiger partial charge in [0.25, 0.3) is 17.0 Å². The van der Waals surface area contributed by atoms with Crippen LogP contribution in [0.1, 0.15) is 167 Å². The molecule has 0 spiro atoms. The van der Waals surface area contributed by atoms with Crippen LogP contribution < -0.4 is 11.1 Å². The Morgan fingerprint density at radius 3 is 1.89 bits per heavy atom. The van der Waals surface area contributed by atoms with Gasteiger partial charge in [-0.2, -0.15) is 18.6 Å². The lowest BCUT2D eigenvalue weighted by atomic mass is 9.89. The Morgan fingerprint density at radius 2 is 1.26 bits per heavy atom. The summed E-state index contributed by atoms with van der Waals surface area (Å²) >= 11 is 0. The monoisotopic (exact) mass is 1360 g/mol. The number of carbonyl (C=O) groups excluding carboxylic acids is 5. The summed E-state index contributed by atoms with van der Waals surface area (Å²) in [5, 5.41) is 9.61. The molecule has 4 aliphatic heterocycles. The number of amides is 5. The summed E-state index contributed by atoms with van der Waals surface area (Å²) in [4.78, 5) is 100. The van der Waals surface area contributed by atoms with Crippen molar-refractivity contribution in [2.75, 3.05) is 85.1 Å². The molecule has 1 N–H and O–H groups in total. The number of hydrogen-bond acceptors (Lipinski definition) is 11. The summed E-state index contributed by atoms with van der Waals surface area (Å²) < 4.78 is 28.8. The van der Waals surface area contributed by atoms with E-state index in [1.54, 1.807) is 48.4 Å². The van der Waals surface area contributed by atoms with Gasteiger partial charge in [0.1, 0.15) is 19.0 Å². The first-order chi connectivity index (χ1) is 47.3. The summed E-state index contributed by atoms with van der Waals surface area (Å²) in [6.45, 7) is 13.3. The molecular weight excluding hydrogens is 1260 g/mol. The number of hydrogen-bond donors (Lipinski definition) is 1. The number of fused-ring (bicyclic) bond motifs is 5. The van der Waals surface area contributed by atoms with Gasteiger partial charge in [0.2, 0.25) is 18.2 Å². The molecule has 2 aromatic heterocycles. The first-order valence-corrected chi connectivity index (χ1v) is 35.7. The third kappa shape index (κ3) is 18.2. The molecule has 1 unspecified atom stereocenters. The number of likely N-dealkylation sites (tertiary alicyclic amines) is 3. The quantitative estimate of drug-likeness (QED) is 0.0961. The molecule has 522 valence electrons. The number of ether oxygens (including phenoxy) is 2. The second-order valence-electron chi connectivity index (χ2n) is 27.1. The van der Waals surface area contributed by atoms with Gasteiger partial charge in [-0.25, -0.2) is 14.3 Å². The molecule has 14 rings (SSSR count). The molecule has 7 aromatic rings. The smallest absolute Gasteiger partial charge is 0.410 e. The third-order valence-electron chi connectivity index (χ3n) is 20.2. The fraction of sp³-hybridized carbons (Fsp3) is 0.487. The van der Waals surface area contributed by atoms with E-state index in [0.717, 1.165) is 100 Å². The lowest BCUT2D eigenvalue weighted by molar-refractivity contribution is -0.135. The van der Waals surface area contributed by atoms with Crippen molar-refractivity contribution in [3.8, 4) is 11.1 Å². The van der Waals surface area contributed by atoms with E-state index in [4.69, 9.17) is 9.47 Å². The van der Waals surface area contributed by atoms with Crippen LogP contribution in [0.4, 0.5) is 9.18 Å². The van der Waals surface area contributed by atoms with E-state index in [1.165, 1.54) is 73.3 Å². The molecule has 2 saturated carbocycles. The van der Waals surface area contributed by atoms with E-state index in [9.17, 15) is 38.0 Å². The number of carbonyl (C=O) groups is 5. The van der Waals surface area contributed by atoms with Gasteiger partial charge in [0.15, 0.2) is 0 Å². The summed E-state index contributed by atoms with van der Waals surface area (Å²) in [7, 11) is 0. The molecule has 6 fully saturated rings. The van der Waals surface area contributed by atoms with Gasteiger partial charge in [-0.1, -0.05) is 144 Å². The van der Waals surface area contributed by atoms with Gasteiger partial charge >= 0.3 is 6.09 Å². The zero-order chi connectivity index (χ0) is 67.8. The van der Waals surface area contributed by atoms with Crippen LogP contribution in [0.2, 0.25) is 0 Å². The number of H-pyrrole nitrogens is 1. The maximum absolute atomic E-state index is 14.9. The van der Waals surface area contributed by atoms with Crippen LogP contribution in [0.5, 0.6) is 0 Å². The predicted octanol–water partition coefficient (Wildman–Crippen LogP) is 12.0. The highest BCUT2D eigenvalue weighted by Gasteiger charge is 2.39. The van der Waals surface area contributed by atoms with E-state index in [2.05, 4.69) is 59.3 Å². The number of aromatic amines is 1. The average molecular weight is 1360 g/mol. The van der Waals surface area contributed by atoms with Crippen LogP contribution in [0.3, 0.4) is 0 Å². The van der Waals surface area contributed by atoms with Crippen molar-refractivity contribution in [2.24, 2.45) is 0 Å². The second-order valence-corrected chi connectivity index (χ2v) is 27.1. The van der Waals surface area contributed by atoms with Crippen molar-refractivity contribution < 1.29 is 37.8 Å². The maximum Gasteiger partial charge on any atom is 0.410 e. The van der Waals surface area contributed by atoms with E-state index >= 15 is 0 Å². The number of benzene rings is 5. The van der Waals surface area contributed by atoms with Crippen molar-refractivity contribution in [1.29, 1.82) is 0 Å². The number of piperidine rings is 3. The highest BCUT2D eigenvalue weighted by molar-refractivity contribution is 7.59. The second kappa shape index (κ2) is 35.0. The van der Waals surface area contributed by atoms with E-state index < -0.39 is 17.8 Å². The van der Waals surface area contributed by atoms with Crippen molar-refractivity contribution in [1.82, 2.24) is 44.2 Å². The highest BCUT2D eigenvalue weighted by atomic mass is 32.1. The highest BCUT2D eigenvalue weighted by Crippen LogP contribution is 2.45. The molecule has 4 saturated heterocycles. The molecule has 0 bridgehead atoms. The van der Waals surface area contributed by atoms with Gasteiger partial charge in [0.05, 0.1) is 35.4 Å². The minimum atomic E-state index is -0.597. The first-order valence-electron chi connectivity index (χ1n) is 35.7. The number of pyridine rings is 1. The molecule has 7 aliphatic rings. The van der Waals surface area contributed by atoms with Gasteiger partial charge in [-0.3, -0.25) is 38.6 Å². The van der Waals surface area contributed by atoms with Crippen molar-refractivity contribution in [3.63, 3.8) is 0 Å². The van der Waals surface area contributed by atoms with Gasteiger partial charge < -0.3 is 33.6 Å². The number of aryl methyl sites for hydroxylation is 1. The molecule has 0 radical (unpaired) electrons. The Labute approximate surface area is 582 Å². The van der Waals surface area contributed by atoms with Crippen LogP contribution in [0.15, 0.2) is 131 Å². The maximum atomic E-state index is 14.9. The molecule has 1 atom stereocenters. The molecule has 5 amide bonds. The summed E-state index contributed by atoms with van der Waals surface area (Å²) in [5.41, 5.74) is 6.89. The standard InChI is InChI=1S/C36H37N3O4.C33H39FN6O5.C6H12.C3H8.H2S/c1-2-37-19-17-24-13-14-25(20-32(24)35(37)41)26-8-7-18-38(21-26)34(40)22-39(27-15-16-27)36(42)43-23-33-30-11-5-3-9-28(30)29-10-4-6-12-31(29)33;34-29-6-5-23(20-30-26-3-1-2-4-27(26)32(43)36-35-30)19-28(29)33(44)40-17-15-39(16-18-40)31(42)21-37-11-7-24(8-12-37)45-25-9-13-38(22-41)14-10-25;1-2-4-6-5-3-1;1-3-2;/h3-6,9-14,17,19-20,26-27,33H,2,7-8,15-16,18,21-23H2,1H3;1-6,19,22,24-25H,7-18,20-21H2,(H,36,43);1-6H2;3H2,1-2H3;1H2. The molecule has 3 aliphatic carbocycles. The summed E-state index contributed by atoms with van der Waals surface area (Å²) in [6, 6.07) is 36.4. The molecule has 6 heterocycles. The van der Waals surface area contributed by atoms with Crippen LogP contribution in [-0.2, 0) is 36.8 Å². The average Bonchev–Trinajstić information content (AvgIpc) is 1.44. The van der Waals surface area contributed by atoms with E-state index in [0.29, 0.717) is 80.8 Å². The van der Waals surface area contributed by atoms with Gasteiger partial charge in [0, 0.05) is 113 Å². The predicted molar refractivity (Wildman–Crippen MR) is 387 cm³/mol. The van der Waals surface area contributed by atoms with Gasteiger partial charge in [-0.05, 0) is 127 Å². The number of halogens is 1. The number of nitrogens with zero attached hydrogens (tertiary/aromatic N) is 8. The largest absolute Gasteiger partial charge is 0.448 e. The third-order valence-corrected chi connectivity index (χ3v) is 20.2. The zero-order valence-corrected chi connectivity index (χ0v) is 58.4. The molecule has 5 aromatic carbocycles. The lowest BCUT2D eigenvalue weighted by Crippen LogP contribution is -2.53. The number of nitrogens with one attached hydrogen (secondary N) is 1. The topological polar surface area (TPSA) is 191 Å². The van der Waals surface area contributed by atoms with Crippen LogP contribution in [0.25, 0.3) is 32.7 Å². The Balaban J connectivity index is 0.000000187. The van der Waals surface area contributed by atoms with Crippen LogP contribution in [0, 0.1) is 5.82 Å². The Bertz CT molecular complexity index is 3930. The minimum absolute atomic E-state index is 0. The Hall–Kier alpha value is -8.20. The van der Waals surface area contributed by atoms with Crippen molar-refractivity contribution >= 4 is 65.3 Å². The van der Waals surface area contributed by atoms with Gasteiger partial charge in [-0.15, -0.1) is 0 Å². The number of rotatable bonds is 15. The normalized spacial score (nSPS) is 18.1.